The van der Waals surface area contributed by atoms with E-state index in [-0.39, 0.29) is 5.90 Å². The highest BCUT2D eigenvalue weighted by Gasteiger charge is 2.03. The second-order valence-electron chi connectivity index (χ2n) is 3.07. The summed E-state index contributed by atoms with van der Waals surface area (Å²) in [6.07, 6.45) is 0. The van der Waals surface area contributed by atoms with Gasteiger partial charge in [0.05, 0.1) is 21.1 Å². The lowest BCUT2D eigenvalue weighted by Gasteiger charge is -2.26. The van der Waals surface area contributed by atoms with Crippen molar-refractivity contribution in [1.29, 1.82) is 0 Å². The van der Waals surface area contributed by atoms with E-state index in [1.807, 2.05) is 21.1 Å². The zero-order valence-electron chi connectivity index (χ0n) is 6.51. The number of rotatable bonds is 2. The Labute approximate surface area is 56.2 Å². The van der Waals surface area contributed by atoms with Crippen molar-refractivity contribution < 1.29 is 9.59 Å². The van der Waals surface area contributed by atoms with Crippen molar-refractivity contribution >= 4 is 5.90 Å². The second kappa shape index (κ2) is 2.82. The van der Waals surface area contributed by atoms with Gasteiger partial charge in [-0.1, -0.05) is 0 Å². The van der Waals surface area contributed by atoms with Gasteiger partial charge in [-0.2, -0.15) is 0 Å². The van der Waals surface area contributed by atoms with Gasteiger partial charge in [-0.05, 0) is 0 Å². The molecule has 0 aromatic carbocycles. The Morgan fingerprint density at radius 1 is 1.44 bits per heavy atom. The first-order chi connectivity index (χ1) is 3.95. The zero-order chi connectivity index (χ0) is 7.49. The van der Waals surface area contributed by atoms with Crippen LogP contribution < -0.4 is 5.11 Å². The quantitative estimate of drug-likeness (QED) is 0.270. The molecule has 0 fully saturated rings. The number of likely N-dealkylation sites (N-methyl/N-ethyl adjacent to an activating group) is 1. The monoisotopic (exact) mass is 130 g/mol. The second-order valence-corrected chi connectivity index (χ2v) is 3.07. The lowest BCUT2D eigenvalue weighted by atomic mass is 10.5. The summed E-state index contributed by atoms with van der Waals surface area (Å²) in [4.78, 5) is 3.52. The first-order valence-electron chi connectivity index (χ1n) is 2.89. The number of nitrogens with zero attached hydrogens (tertiary/aromatic N) is 2. The molecule has 3 heteroatoms. The molecule has 0 unspecified atom stereocenters. The minimum Gasteiger partial charge on any atom is -0.858 e. The number of hydrogen-bond donors (Lipinski definition) is 0. The molecule has 0 aromatic rings. The molecule has 0 radical (unpaired) electrons. The van der Waals surface area contributed by atoms with Crippen LogP contribution in [0.25, 0.3) is 0 Å². The molecule has 54 valence electrons. The van der Waals surface area contributed by atoms with Crippen molar-refractivity contribution in [2.45, 2.75) is 0 Å². The van der Waals surface area contributed by atoms with E-state index < -0.39 is 0 Å². The van der Waals surface area contributed by atoms with E-state index >= 15 is 0 Å². The van der Waals surface area contributed by atoms with Crippen LogP contribution in [0.3, 0.4) is 0 Å². The van der Waals surface area contributed by atoms with Crippen LogP contribution in [0.5, 0.6) is 0 Å². The van der Waals surface area contributed by atoms with E-state index in [2.05, 4.69) is 4.99 Å². The van der Waals surface area contributed by atoms with E-state index in [4.69, 9.17) is 0 Å². The molecule has 0 saturated heterocycles. The Morgan fingerprint density at radius 3 is 2.00 bits per heavy atom. The minimum atomic E-state index is -0.0394. The lowest BCUT2D eigenvalue weighted by Crippen LogP contribution is -2.43. The van der Waals surface area contributed by atoms with Gasteiger partial charge in [0, 0.05) is 12.9 Å². The van der Waals surface area contributed by atoms with Gasteiger partial charge in [0.1, 0.15) is 6.54 Å². The Kier molecular flexibility index (Phi) is 2.65. The highest BCUT2D eigenvalue weighted by molar-refractivity contribution is 5.72. The topological polar surface area (TPSA) is 35.4 Å². The highest BCUT2D eigenvalue weighted by atomic mass is 16.3. The summed E-state index contributed by atoms with van der Waals surface area (Å²) in [5.74, 6) is -0.0394. The van der Waals surface area contributed by atoms with Crippen LogP contribution in [0, 0.1) is 0 Å². The fraction of sp³-hybridized carbons (Fsp3) is 0.833. The normalized spacial score (nSPS) is 14.0. The standard InChI is InChI=1S/C6H14N2O/c1-7-6(9)5-8(2,3)4/h5H2,1-4H3. The molecular weight excluding hydrogens is 116 g/mol. The van der Waals surface area contributed by atoms with E-state index in [9.17, 15) is 5.11 Å². The van der Waals surface area contributed by atoms with Crippen LogP contribution in [0.15, 0.2) is 4.99 Å². The van der Waals surface area contributed by atoms with Gasteiger partial charge in [-0.25, -0.2) is 0 Å². The predicted molar refractivity (Wildman–Crippen MR) is 36.3 cm³/mol. The summed E-state index contributed by atoms with van der Waals surface area (Å²) in [6, 6.07) is 0. The Balaban J connectivity index is 3.75. The van der Waals surface area contributed by atoms with Crippen molar-refractivity contribution in [3.05, 3.63) is 0 Å². The lowest BCUT2D eigenvalue weighted by molar-refractivity contribution is -0.863. The Bertz CT molecular complexity index is 113. The molecule has 9 heavy (non-hydrogen) atoms. The van der Waals surface area contributed by atoms with E-state index in [1.165, 1.54) is 7.05 Å². The van der Waals surface area contributed by atoms with Crippen LogP contribution in [-0.2, 0) is 0 Å². The van der Waals surface area contributed by atoms with Gasteiger partial charge >= 0.3 is 0 Å². The molecule has 0 heterocycles. The molecule has 0 saturated carbocycles. The van der Waals surface area contributed by atoms with Crippen molar-refractivity contribution in [3.8, 4) is 0 Å². The van der Waals surface area contributed by atoms with Crippen molar-refractivity contribution in [2.75, 3.05) is 34.7 Å². The average Bonchev–Trinajstić information content (AvgIpc) is 1.62. The number of quaternary nitrogens is 1. The summed E-state index contributed by atoms with van der Waals surface area (Å²) >= 11 is 0. The molecule has 0 atom stereocenters. The molecule has 0 amide bonds. The smallest absolute Gasteiger partial charge is 0.107 e. The Hall–Kier alpha value is -0.570. The van der Waals surface area contributed by atoms with Crippen LogP contribution >= 0.6 is 0 Å². The van der Waals surface area contributed by atoms with Gasteiger partial charge in [0.25, 0.3) is 0 Å². The van der Waals surface area contributed by atoms with Gasteiger partial charge in [0.2, 0.25) is 0 Å². The maximum Gasteiger partial charge on any atom is 0.107 e. The molecule has 0 aromatic heterocycles. The molecular formula is C6H14N2O. The van der Waals surface area contributed by atoms with Crippen LogP contribution in [-0.4, -0.2) is 45.1 Å². The SMILES string of the molecule is CN=C([O-])C[N+](C)(C)C. The van der Waals surface area contributed by atoms with Crippen molar-refractivity contribution in [2.24, 2.45) is 4.99 Å². The van der Waals surface area contributed by atoms with E-state index in [1.54, 1.807) is 0 Å². The first-order valence-corrected chi connectivity index (χ1v) is 2.89. The molecule has 0 aliphatic rings. The fourth-order valence-corrected chi connectivity index (χ4v) is 0.476. The third-order valence-electron chi connectivity index (χ3n) is 0.859. The van der Waals surface area contributed by atoms with Crippen LogP contribution in [0.2, 0.25) is 0 Å². The number of hydrogen-bond acceptors (Lipinski definition) is 2. The first kappa shape index (κ1) is 8.43. The molecule has 0 N–H and O–H groups in total. The molecule has 0 bridgehead atoms. The molecule has 0 aliphatic carbocycles. The summed E-state index contributed by atoms with van der Waals surface area (Å²) in [6.45, 7) is 0.483. The predicted octanol–water partition coefficient (Wildman–Crippen LogP) is -0.919. The number of aliphatic imine (C=N–C) groups is 1. The molecule has 0 rings (SSSR count). The Morgan fingerprint density at radius 2 is 1.89 bits per heavy atom. The van der Waals surface area contributed by atoms with Gasteiger partial charge in [-0.15, -0.1) is 0 Å². The third kappa shape index (κ3) is 5.30. The molecule has 3 nitrogen and oxygen atoms in total. The van der Waals surface area contributed by atoms with Gasteiger partial charge < -0.3 is 14.6 Å². The van der Waals surface area contributed by atoms with Gasteiger partial charge in [-0.3, -0.25) is 0 Å². The zero-order valence-corrected chi connectivity index (χ0v) is 6.51. The van der Waals surface area contributed by atoms with Crippen LogP contribution in [0.4, 0.5) is 0 Å². The fourth-order valence-electron chi connectivity index (χ4n) is 0.476. The van der Waals surface area contributed by atoms with Crippen molar-refractivity contribution in [1.82, 2.24) is 0 Å². The van der Waals surface area contributed by atoms with Gasteiger partial charge in [0.15, 0.2) is 0 Å². The van der Waals surface area contributed by atoms with E-state index in [0.29, 0.717) is 11.0 Å². The summed E-state index contributed by atoms with van der Waals surface area (Å²) in [5, 5.41) is 10.6. The summed E-state index contributed by atoms with van der Waals surface area (Å²) < 4.78 is 0.649. The maximum absolute atomic E-state index is 10.6. The minimum absolute atomic E-state index is 0.0394. The van der Waals surface area contributed by atoms with E-state index in [0.717, 1.165) is 0 Å². The van der Waals surface area contributed by atoms with Crippen molar-refractivity contribution in [3.63, 3.8) is 0 Å². The summed E-state index contributed by atoms with van der Waals surface area (Å²) in [5.41, 5.74) is 0. The third-order valence-corrected chi connectivity index (χ3v) is 0.859. The maximum atomic E-state index is 10.6. The molecule has 0 aliphatic heterocycles. The average molecular weight is 130 g/mol. The molecule has 0 spiro atoms. The highest BCUT2D eigenvalue weighted by Crippen LogP contribution is 1.86. The largest absolute Gasteiger partial charge is 0.858 e. The van der Waals surface area contributed by atoms with Crippen LogP contribution in [0.1, 0.15) is 0 Å². The summed E-state index contributed by atoms with van der Waals surface area (Å²) in [7, 11) is 7.41.